The highest BCUT2D eigenvalue weighted by atomic mass is 16.6. The number of hydrogen-bond acceptors (Lipinski definition) is 3. The summed E-state index contributed by atoms with van der Waals surface area (Å²) < 4.78 is 0. The molecule has 3 heteroatoms. The Hall–Kier alpha value is -1.38. The van der Waals surface area contributed by atoms with Gasteiger partial charge in [-0.1, -0.05) is 18.1 Å². The molecule has 0 aromatic carbocycles. The Morgan fingerprint density at radius 3 is 3.17 bits per heavy atom. The number of nitrogens with zero attached hydrogens (tertiary/aromatic N) is 2. The lowest BCUT2D eigenvalue weighted by atomic mass is 10.4. The molecule has 0 N–H and O–H groups in total. The van der Waals surface area contributed by atoms with E-state index in [4.69, 9.17) is 4.84 Å². The summed E-state index contributed by atoms with van der Waals surface area (Å²) in [6.45, 7) is 2.69. The smallest absolute Gasteiger partial charge is 0.116 e. The lowest BCUT2D eigenvalue weighted by Gasteiger charge is -1.93. The Morgan fingerprint density at radius 2 is 2.50 bits per heavy atom. The van der Waals surface area contributed by atoms with Crippen LogP contribution >= 0.6 is 0 Å². The van der Waals surface area contributed by atoms with Crippen molar-refractivity contribution in [1.29, 1.82) is 0 Å². The molecule has 3 nitrogen and oxygen atoms in total. The fraction of sp³-hybridized carbons (Fsp3) is 0.333. The molecule has 0 fully saturated rings. The molecule has 0 saturated carbocycles. The highest BCUT2D eigenvalue weighted by molar-refractivity contribution is 5.76. The van der Waals surface area contributed by atoms with Crippen molar-refractivity contribution in [2.75, 3.05) is 6.61 Å². The minimum Gasteiger partial charge on any atom is -0.396 e. The second kappa shape index (κ2) is 5.29. The number of aromatic nitrogens is 1. The third kappa shape index (κ3) is 3.14. The van der Waals surface area contributed by atoms with Crippen LogP contribution in [0.5, 0.6) is 0 Å². The third-order valence-electron chi connectivity index (χ3n) is 1.24. The van der Waals surface area contributed by atoms with Crippen molar-refractivity contribution >= 4 is 6.21 Å². The normalized spacial score (nSPS) is 10.4. The molecule has 64 valence electrons. The van der Waals surface area contributed by atoms with E-state index in [0.717, 1.165) is 12.1 Å². The predicted octanol–water partition coefficient (Wildman–Crippen LogP) is 1.84. The van der Waals surface area contributed by atoms with E-state index in [1.165, 1.54) is 0 Å². The average Bonchev–Trinajstić information content (AvgIpc) is 2.14. The van der Waals surface area contributed by atoms with Gasteiger partial charge in [-0.05, 0) is 18.6 Å². The molecular weight excluding hydrogens is 152 g/mol. The van der Waals surface area contributed by atoms with E-state index < -0.39 is 0 Å². The van der Waals surface area contributed by atoms with Crippen molar-refractivity contribution in [3.05, 3.63) is 30.1 Å². The highest BCUT2D eigenvalue weighted by Crippen LogP contribution is 1.89. The van der Waals surface area contributed by atoms with E-state index in [1.807, 2.05) is 25.1 Å². The number of rotatable bonds is 4. The van der Waals surface area contributed by atoms with Gasteiger partial charge in [0.25, 0.3) is 0 Å². The van der Waals surface area contributed by atoms with Crippen LogP contribution in [0.1, 0.15) is 19.0 Å². The van der Waals surface area contributed by atoms with Crippen LogP contribution in [-0.4, -0.2) is 17.8 Å². The molecular formula is C9H12N2O. The molecule has 0 spiro atoms. The van der Waals surface area contributed by atoms with Crippen molar-refractivity contribution < 1.29 is 4.84 Å². The monoisotopic (exact) mass is 164 g/mol. The molecule has 0 bridgehead atoms. The molecule has 1 rings (SSSR count). The lowest BCUT2D eigenvalue weighted by Crippen LogP contribution is -1.88. The van der Waals surface area contributed by atoms with E-state index in [9.17, 15) is 0 Å². The minimum absolute atomic E-state index is 0.656. The Kier molecular flexibility index (Phi) is 3.84. The summed E-state index contributed by atoms with van der Waals surface area (Å²) in [7, 11) is 0. The van der Waals surface area contributed by atoms with Crippen LogP contribution in [0.4, 0.5) is 0 Å². The first kappa shape index (κ1) is 8.71. The topological polar surface area (TPSA) is 34.5 Å². The van der Waals surface area contributed by atoms with E-state index in [-0.39, 0.29) is 0 Å². The fourth-order valence-electron chi connectivity index (χ4n) is 0.688. The summed E-state index contributed by atoms with van der Waals surface area (Å²) in [6, 6.07) is 5.65. The van der Waals surface area contributed by atoms with Gasteiger partial charge in [0, 0.05) is 6.20 Å². The molecule has 0 radical (unpaired) electrons. The lowest BCUT2D eigenvalue weighted by molar-refractivity contribution is 0.146. The first-order valence-corrected chi connectivity index (χ1v) is 4.00. The summed E-state index contributed by atoms with van der Waals surface area (Å²) in [6.07, 6.45) is 4.30. The molecule has 0 aliphatic carbocycles. The molecule has 1 aromatic rings. The van der Waals surface area contributed by atoms with Crippen molar-refractivity contribution in [2.24, 2.45) is 5.16 Å². The molecule has 0 aliphatic rings. The SMILES string of the molecule is CCCO/N=C\c1ccccn1. The number of hydrogen-bond donors (Lipinski definition) is 0. The summed E-state index contributed by atoms with van der Waals surface area (Å²) >= 11 is 0. The molecule has 1 aromatic heterocycles. The maximum atomic E-state index is 4.92. The van der Waals surface area contributed by atoms with Crippen molar-refractivity contribution in [3.63, 3.8) is 0 Å². The van der Waals surface area contributed by atoms with Gasteiger partial charge in [-0.15, -0.1) is 0 Å². The van der Waals surface area contributed by atoms with Crippen LogP contribution in [0.3, 0.4) is 0 Å². The average molecular weight is 164 g/mol. The van der Waals surface area contributed by atoms with Crippen LogP contribution < -0.4 is 0 Å². The number of oxime groups is 1. The molecule has 0 atom stereocenters. The first-order chi connectivity index (χ1) is 5.93. The molecule has 12 heavy (non-hydrogen) atoms. The van der Waals surface area contributed by atoms with Crippen molar-refractivity contribution in [2.45, 2.75) is 13.3 Å². The van der Waals surface area contributed by atoms with Gasteiger partial charge in [0.15, 0.2) is 0 Å². The maximum absolute atomic E-state index is 4.92. The zero-order valence-corrected chi connectivity index (χ0v) is 7.10. The summed E-state index contributed by atoms with van der Waals surface area (Å²) in [5.74, 6) is 0. The van der Waals surface area contributed by atoms with Gasteiger partial charge in [0.1, 0.15) is 6.61 Å². The summed E-state index contributed by atoms with van der Waals surface area (Å²) in [4.78, 5) is 8.96. The Morgan fingerprint density at radius 1 is 1.58 bits per heavy atom. The van der Waals surface area contributed by atoms with Crippen LogP contribution in [0.15, 0.2) is 29.6 Å². The second-order valence-corrected chi connectivity index (χ2v) is 2.32. The standard InChI is InChI=1S/C9H12N2O/c1-2-7-12-11-8-9-5-3-4-6-10-9/h3-6,8H,2,7H2,1H3/b11-8-. The largest absolute Gasteiger partial charge is 0.396 e. The second-order valence-electron chi connectivity index (χ2n) is 2.32. The van der Waals surface area contributed by atoms with E-state index in [1.54, 1.807) is 12.4 Å². The zero-order chi connectivity index (χ0) is 8.65. The van der Waals surface area contributed by atoms with Crippen LogP contribution in [0.25, 0.3) is 0 Å². The van der Waals surface area contributed by atoms with E-state index in [2.05, 4.69) is 10.1 Å². The van der Waals surface area contributed by atoms with Crippen LogP contribution in [-0.2, 0) is 4.84 Å². The Bertz CT molecular complexity index is 234. The van der Waals surface area contributed by atoms with Crippen LogP contribution in [0.2, 0.25) is 0 Å². The van der Waals surface area contributed by atoms with Gasteiger partial charge in [-0.2, -0.15) is 0 Å². The third-order valence-corrected chi connectivity index (χ3v) is 1.24. The maximum Gasteiger partial charge on any atom is 0.116 e. The van der Waals surface area contributed by atoms with Gasteiger partial charge in [0.2, 0.25) is 0 Å². The Labute approximate surface area is 72.1 Å². The van der Waals surface area contributed by atoms with Crippen molar-refractivity contribution in [3.8, 4) is 0 Å². The number of pyridine rings is 1. The molecule has 0 aliphatic heterocycles. The summed E-state index contributed by atoms with van der Waals surface area (Å²) in [5.41, 5.74) is 0.814. The first-order valence-electron chi connectivity index (χ1n) is 4.00. The highest BCUT2D eigenvalue weighted by Gasteiger charge is 1.84. The van der Waals surface area contributed by atoms with Gasteiger partial charge < -0.3 is 4.84 Å². The molecule has 0 unspecified atom stereocenters. The molecule has 0 amide bonds. The van der Waals surface area contributed by atoms with Crippen LogP contribution in [0, 0.1) is 0 Å². The van der Waals surface area contributed by atoms with E-state index in [0.29, 0.717) is 6.61 Å². The quantitative estimate of drug-likeness (QED) is 0.386. The zero-order valence-electron chi connectivity index (χ0n) is 7.10. The van der Waals surface area contributed by atoms with Crippen molar-refractivity contribution in [1.82, 2.24) is 4.98 Å². The summed E-state index contributed by atoms with van der Waals surface area (Å²) in [5, 5.41) is 3.74. The predicted molar refractivity (Wildman–Crippen MR) is 48.1 cm³/mol. The van der Waals surface area contributed by atoms with Gasteiger partial charge in [-0.3, -0.25) is 4.98 Å². The van der Waals surface area contributed by atoms with Gasteiger partial charge >= 0.3 is 0 Å². The fourth-order valence-corrected chi connectivity index (χ4v) is 0.688. The Balaban J connectivity index is 2.36. The minimum atomic E-state index is 0.656. The van der Waals surface area contributed by atoms with E-state index >= 15 is 0 Å². The van der Waals surface area contributed by atoms with Gasteiger partial charge in [0.05, 0.1) is 11.9 Å². The molecule has 1 heterocycles. The van der Waals surface area contributed by atoms with Gasteiger partial charge in [-0.25, -0.2) is 0 Å². The molecule has 0 saturated heterocycles.